The number of amides is 4. The maximum atomic E-state index is 13.2. The number of fused-ring (bicyclic) bond motifs is 1. The monoisotopic (exact) mass is 467 g/mol. The van der Waals surface area contributed by atoms with E-state index < -0.39 is 36.5 Å². The molecule has 2 unspecified atom stereocenters. The van der Waals surface area contributed by atoms with Gasteiger partial charge in [-0.05, 0) is 29.6 Å². The summed E-state index contributed by atoms with van der Waals surface area (Å²) in [5.41, 5.74) is 2.50. The van der Waals surface area contributed by atoms with Crippen LogP contribution in [-0.2, 0) is 38.8 Å². The number of morpholine rings is 1. The van der Waals surface area contributed by atoms with Crippen LogP contribution < -0.4 is 10.0 Å². The van der Waals surface area contributed by atoms with Crippen molar-refractivity contribution in [2.24, 2.45) is 0 Å². The van der Waals surface area contributed by atoms with E-state index in [2.05, 4.69) is 0 Å². The summed E-state index contributed by atoms with van der Waals surface area (Å²) in [6, 6.07) is 10.6. The highest BCUT2D eigenvalue weighted by molar-refractivity contribution is 6.05. The zero-order valence-electron chi connectivity index (χ0n) is 22.2. The van der Waals surface area contributed by atoms with Crippen molar-refractivity contribution in [3.63, 3.8) is 0 Å². The standard InChI is InChI=1S/C25H25N3O6/c29-22-9-8-20(24(31)26-22)28-13-19-18(25(28)32)2-1-3-21(19)34-14-17-6-4-16(5-7-17)12-27-10-11-33-15-23(27)30/h1-7,20H,8-15H2,(H,26,29,31)/i8D2,9D/hD. The summed E-state index contributed by atoms with van der Waals surface area (Å²) in [6.45, 7) is 1.65. The summed E-state index contributed by atoms with van der Waals surface area (Å²) in [5, 5.41) is -0.0318. The molecule has 9 heteroatoms. The van der Waals surface area contributed by atoms with Crippen LogP contribution in [0.25, 0.3) is 0 Å². The third-order valence-electron chi connectivity index (χ3n) is 5.96. The van der Waals surface area contributed by atoms with Gasteiger partial charge in [0.05, 0.1) is 13.2 Å². The minimum Gasteiger partial charge on any atom is -0.489 e. The van der Waals surface area contributed by atoms with Gasteiger partial charge in [0.25, 0.3) is 5.91 Å². The van der Waals surface area contributed by atoms with Crippen molar-refractivity contribution in [2.75, 3.05) is 19.8 Å². The Hall–Kier alpha value is -3.72. The average Bonchev–Trinajstić information content (AvgIpc) is 3.23. The molecule has 0 aromatic heterocycles. The first-order valence-corrected chi connectivity index (χ1v) is 10.9. The fourth-order valence-electron chi connectivity index (χ4n) is 4.16. The van der Waals surface area contributed by atoms with E-state index in [1.165, 1.54) is 6.07 Å². The Morgan fingerprint density at radius 2 is 1.91 bits per heavy atom. The molecule has 0 radical (unpaired) electrons. The Bertz CT molecular complexity index is 1300. The number of hydrogen-bond acceptors (Lipinski definition) is 6. The molecule has 0 spiro atoms. The molecule has 1 N–H and O–H groups in total. The molecule has 0 aliphatic carbocycles. The molecule has 5 rings (SSSR count). The summed E-state index contributed by atoms with van der Waals surface area (Å²) < 4.78 is 43.2. The van der Waals surface area contributed by atoms with Gasteiger partial charge in [-0.2, -0.15) is 0 Å². The summed E-state index contributed by atoms with van der Waals surface area (Å²) in [5.74, 6) is -2.76. The minimum atomic E-state index is -2.67. The summed E-state index contributed by atoms with van der Waals surface area (Å²) in [4.78, 5) is 52.5. The van der Waals surface area contributed by atoms with Gasteiger partial charge in [-0.3, -0.25) is 24.5 Å². The van der Waals surface area contributed by atoms with E-state index in [1.54, 1.807) is 17.0 Å². The van der Waals surface area contributed by atoms with Gasteiger partial charge in [0.2, 0.25) is 17.7 Å². The fourth-order valence-corrected chi connectivity index (χ4v) is 4.16. The van der Waals surface area contributed by atoms with E-state index >= 15 is 0 Å². The van der Waals surface area contributed by atoms with Crippen LogP contribution in [0.3, 0.4) is 0 Å². The molecule has 9 nitrogen and oxygen atoms in total. The molecule has 2 aromatic carbocycles. The van der Waals surface area contributed by atoms with E-state index in [9.17, 15) is 19.2 Å². The van der Waals surface area contributed by atoms with Crippen molar-refractivity contribution >= 4 is 23.6 Å². The van der Waals surface area contributed by atoms with Gasteiger partial charge in [-0.15, -0.1) is 0 Å². The van der Waals surface area contributed by atoms with E-state index in [0.717, 1.165) is 16.0 Å². The van der Waals surface area contributed by atoms with Crippen molar-refractivity contribution in [2.45, 2.75) is 38.5 Å². The molecule has 2 aromatic rings. The Kier molecular flexibility index (Phi) is 4.83. The molecule has 2 fully saturated rings. The van der Waals surface area contributed by atoms with Crippen molar-refractivity contribution < 1.29 is 34.2 Å². The summed E-state index contributed by atoms with van der Waals surface area (Å²) >= 11 is 0. The van der Waals surface area contributed by atoms with E-state index in [0.29, 0.717) is 31.0 Å². The van der Waals surface area contributed by atoms with Gasteiger partial charge < -0.3 is 19.3 Å². The number of hydrogen-bond donors (Lipinski definition) is 1. The fraction of sp³-hybridized carbons (Fsp3) is 0.360. The highest BCUT2D eigenvalue weighted by Gasteiger charge is 2.40. The van der Waals surface area contributed by atoms with E-state index in [-0.39, 0.29) is 36.5 Å². The Morgan fingerprint density at radius 3 is 2.71 bits per heavy atom. The molecule has 2 atom stereocenters. The lowest BCUT2D eigenvalue weighted by Crippen LogP contribution is -2.52. The molecule has 3 aliphatic heterocycles. The molecule has 176 valence electrons. The number of ether oxygens (including phenoxy) is 2. The number of benzene rings is 2. The lowest BCUT2D eigenvalue weighted by Gasteiger charge is -2.29. The smallest absolute Gasteiger partial charge is 0.255 e. The van der Waals surface area contributed by atoms with Gasteiger partial charge in [-0.1, -0.05) is 30.3 Å². The van der Waals surface area contributed by atoms with Crippen molar-refractivity contribution in [1.29, 1.82) is 0 Å². The van der Waals surface area contributed by atoms with Crippen LogP contribution in [0.4, 0.5) is 0 Å². The predicted molar refractivity (Wildman–Crippen MR) is 119 cm³/mol. The first-order chi connectivity index (χ1) is 18.1. The van der Waals surface area contributed by atoms with E-state index in [4.69, 9.17) is 15.0 Å². The lowest BCUT2D eigenvalue weighted by atomic mass is 10.0. The van der Waals surface area contributed by atoms with Crippen LogP contribution >= 0.6 is 0 Å². The molecule has 2 saturated heterocycles. The third-order valence-corrected chi connectivity index (χ3v) is 5.96. The highest BCUT2D eigenvalue weighted by Crippen LogP contribution is 2.34. The second-order valence-corrected chi connectivity index (χ2v) is 8.19. The van der Waals surface area contributed by atoms with Gasteiger partial charge in [0, 0.05) is 34.7 Å². The van der Waals surface area contributed by atoms with Crippen molar-refractivity contribution in [1.82, 2.24) is 15.1 Å². The first-order valence-electron chi connectivity index (χ1n) is 12.9. The number of nitrogens with zero attached hydrogens (tertiary/aromatic N) is 2. The van der Waals surface area contributed by atoms with Crippen LogP contribution in [0.1, 0.15) is 43.9 Å². The maximum Gasteiger partial charge on any atom is 0.255 e. The number of nitrogens with one attached hydrogen (secondary N) is 1. The second-order valence-electron chi connectivity index (χ2n) is 8.19. The molecule has 0 saturated carbocycles. The number of carbonyl (C=O) groups excluding carboxylic acids is 4. The highest BCUT2D eigenvalue weighted by atomic mass is 16.5. The number of imide groups is 1. The van der Waals surface area contributed by atoms with Gasteiger partial charge >= 0.3 is 0 Å². The topological polar surface area (TPSA) is 105 Å². The minimum absolute atomic E-state index is 0.0318. The zero-order valence-corrected chi connectivity index (χ0v) is 18.2. The van der Waals surface area contributed by atoms with E-state index in [1.807, 2.05) is 24.3 Å². The van der Waals surface area contributed by atoms with Gasteiger partial charge in [0.15, 0.2) is 1.41 Å². The second kappa shape index (κ2) is 9.26. The molecule has 34 heavy (non-hydrogen) atoms. The normalized spacial score (nSPS) is 26.1. The number of rotatable bonds is 6. The van der Waals surface area contributed by atoms with Gasteiger partial charge in [0.1, 0.15) is 25.0 Å². The van der Waals surface area contributed by atoms with Crippen molar-refractivity contribution in [3.05, 3.63) is 64.7 Å². The summed E-state index contributed by atoms with van der Waals surface area (Å²) in [7, 11) is 0. The summed E-state index contributed by atoms with van der Waals surface area (Å²) in [6.07, 6.45) is -4.68. The largest absolute Gasteiger partial charge is 0.489 e. The maximum absolute atomic E-state index is 13.2. The quantitative estimate of drug-likeness (QED) is 0.644. The average molecular weight is 468 g/mol. The number of piperidine rings is 1. The molecule has 0 bridgehead atoms. The predicted octanol–water partition coefficient (Wildman–Crippen LogP) is 1.39. The first kappa shape index (κ1) is 17.7. The third kappa shape index (κ3) is 4.38. The van der Waals surface area contributed by atoms with Crippen LogP contribution in [-0.4, -0.2) is 59.2 Å². The molecular weight excluding hydrogens is 438 g/mol. The zero-order chi connectivity index (χ0) is 27.2. The van der Waals surface area contributed by atoms with Gasteiger partial charge in [-0.25, -0.2) is 0 Å². The molecule has 3 aliphatic rings. The van der Waals surface area contributed by atoms with Crippen LogP contribution in [0.15, 0.2) is 42.5 Å². The van der Waals surface area contributed by atoms with Crippen molar-refractivity contribution in [3.8, 4) is 5.75 Å². The molecular formula is C25H25N3O6. The Balaban J connectivity index is 1.29. The van der Waals surface area contributed by atoms with Crippen LogP contribution in [0, 0.1) is 0 Å². The van der Waals surface area contributed by atoms with Crippen LogP contribution in [0.5, 0.6) is 5.75 Å². The lowest BCUT2D eigenvalue weighted by molar-refractivity contribution is -0.143. The Labute approximate surface area is 202 Å². The Morgan fingerprint density at radius 1 is 1.12 bits per heavy atom. The number of carbonyl (C=O) groups is 4. The molecule has 3 heterocycles. The SMILES string of the molecule is [2H]C1C(=O)N([2H])C(=O)C(N2Cc3c(OCc4ccc(CN5CCOCC5=O)cc4)cccc3C2=O)C1([2H])[2H]. The molecule has 4 amide bonds. The van der Waals surface area contributed by atoms with Crippen LogP contribution in [0.2, 0.25) is 1.41 Å².